The average molecular weight is 379 g/mol. The van der Waals surface area contributed by atoms with Crippen LogP contribution in [0.1, 0.15) is 53.0 Å². The van der Waals surface area contributed by atoms with Gasteiger partial charge in [0.05, 0.1) is 16.1 Å². The van der Waals surface area contributed by atoms with Crippen molar-refractivity contribution in [3.05, 3.63) is 23.8 Å². The van der Waals surface area contributed by atoms with E-state index in [1.54, 1.807) is 16.4 Å². The van der Waals surface area contributed by atoms with E-state index in [-0.39, 0.29) is 0 Å². The van der Waals surface area contributed by atoms with Crippen molar-refractivity contribution in [3.8, 4) is 0 Å². The zero-order chi connectivity index (χ0) is 19.3. The van der Waals surface area contributed by atoms with E-state index < -0.39 is 28.3 Å². The van der Waals surface area contributed by atoms with Crippen molar-refractivity contribution in [2.24, 2.45) is 5.92 Å². The smallest absolute Gasteiger partial charge is 0.399 e. The maximum absolute atomic E-state index is 13.1. The predicted octanol–water partition coefficient (Wildman–Crippen LogP) is 2.71. The Morgan fingerprint density at radius 3 is 2.12 bits per heavy atom. The van der Waals surface area contributed by atoms with Crippen LogP contribution in [0.5, 0.6) is 0 Å². The molecule has 0 aliphatic carbocycles. The van der Waals surface area contributed by atoms with Gasteiger partial charge in [-0.1, -0.05) is 18.6 Å². The number of sulfonamides is 1. The SMILES string of the molecule is Cc1cc(B2OC(C)(C)C(C)(C)O2)cc(S(=O)(=O)N2CCC(C)CC2)c1. The Balaban J connectivity index is 1.91. The highest BCUT2D eigenvalue weighted by atomic mass is 32.2. The molecule has 1 aromatic carbocycles. The first-order valence-corrected chi connectivity index (χ1v) is 10.8. The number of aryl methyl sites for hydroxylation is 1. The van der Waals surface area contributed by atoms with Gasteiger partial charge < -0.3 is 9.31 Å². The van der Waals surface area contributed by atoms with E-state index in [1.165, 1.54) is 0 Å². The summed E-state index contributed by atoms with van der Waals surface area (Å²) in [6.07, 6.45) is 1.82. The van der Waals surface area contributed by atoms with Crippen LogP contribution in [-0.2, 0) is 19.3 Å². The highest BCUT2D eigenvalue weighted by Crippen LogP contribution is 2.36. The van der Waals surface area contributed by atoms with Gasteiger partial charge in [-0.15, -0.1) is 0 Å². The van der Waals surface area contributed by atoms with Gasteiger partial charge >= 0.3 is 7.12 Å². The van der Waals surface area contributed by atoms with Gasteiger partial charge in [-0.25, -0.2) is 8.42 Å². The molecule has 2 heterocycles. The second-order valence-electron chi connectivity index (χ2n) is 8.75. The van der Waals surface area contributed by atoms with Gasteiger partial charge in [0.1, 0.15) is 0 Å². The second kappa shape index (κ2) is 6.62. The molecule has 0 amide bonds. The Hall–Kier alpha value is -0.885. The normalized spacial score (nSPS) is 24.2. The van der Waals surface area contributed by atoms with Crippen molar-refractivity contribution in [1.29, 1.82) is 0 Å². The lowest BCUT2D eigenvalue weighted by atomic mass is 9.78. The highest BCUT2D eigenvalue weighted by molar-refractivity contribution is 7.89. The van der Waals surface area contributed by atoms with E-state index in [9.17, 15) is 8.42 Å². The minimum Gasteiger partial charge on any atom is -0.399 e. The van der Waals surface area contributed by atoms with E-state index in [1.807, 2.05) is 40.7 Å². The molecule has 144 valence electrons. The predicted molar refractivity (Wildman–Crippen MR) is 104 cm³/mol. The van der Waals surface area contributed by atoms with Crippen LogP contribution < -0.4 is 5.46 Å². The third-order valence-corrected chi connectivity index (χ3v) is 7.86. The van der Waals surface area contributed by atoms with Crippen LogP contribution >= 0.6 is 0 Å². The summed E-state index contributed by atoms with van der Waals surface area (Å²) < 4.78 is 40.0. The van der Waals surface area contributed by atoms with Gasteiger partial charge in [-0.3, -0.25) is 0 Å². The maximum Gasteiger partial charge on any atom is 0.494 e. The minimum absolute atomic E-state index is 0.330. The molecule has 2 saturated heterocycles. The Labute approximate surface area is 158 Å². The van der Waals surface area contributed by atoms with Crippen LogP contribution in [0.25, 0.3) is 0 Å². The molecule has 7 heteroatoms. The summed E-state index contributed by atoms with van der Waals surface area (Å²) in [5.74, 6) is 0.583. The zero-order valence-corrected chi connectivity index (χ0v) is 17.5. The quantitative estimate of drug-likeness (QED) is 0.758. The van der Waals surface area contributed by atoms with Crippen molar-refractivity contribution in [3.63, 3.8) is 0 Å². The topological polar surface area (TPSA) is 55.8 Å². The first kappa shape index (κ1) is 19.9. The summed E-state index contributed by atoms with van der Waals surface area (Å²) in [5, 5.41) is 0. The monoisotopic (exact) mass is 379 g/mol. The van der Waals surface area contributed by atoms with Gasteiger partial charge in [-0.2, -0.15) is 4.31 Å². The molecule has 1 aromatic rings. The molecule has 0 atom stereocenters. The lowest BCUT2D eigenvalue weighted by Crippen LogP contribution is -2.41. The maximum atomic E-state index is 13.1. The first-order valence-electron chi connectivity index (χ1n) is 9.40. The molecule has 26 heavy (non-hydrogen) atoms. The molecule has 0 unspecified atom stereocenters. The molecule has 2 aliphatic rings. The molecule has 3 rings (SSSR count). The molecular formula is C19H30BNO4S. The molecule has 2 aliphatic heterocycles. The summed E-state index contributed by atoms with van der Waals surface area (Å²) >= 11 is 0. The number of rotatable bonds is 3. The summed E-state index contributed by atoms with van der Waals surface area (Å²) in [5.41, 5.74) is 0.737. The Morgan fingerprint density at radius 2 is 1.58 bits per heavy atom. The van der Waals surface area contributed by atoms with Gasteiger partial charge in [0.15, 0.2) is 0 Å². The number of piperidine rings is 1. The van der Waals surface area contributed by atoms with Gasteiger partial charge in [-0.05, 0) is 71.0 Å². The largest absolute Gasteiger partial charge is 0.494 e. The number of benzene rings is 1. The Morgan fingerprint density at radius 1 is 1.04 bits per heavy atom. The van der Waals surface area contributed by atoms with E-state index in [4.69, 9.17) is 9.31 Å². The third-order valence-electron chi connectivity index (χ3n) is 5.98. The summed E-state index contributed by atoms with van der Waals surface area (Å²) in [4.78, 5) is 0.330. The van der Waals surface area contributed by atoms with E-state index >= 15 is 0 Å². The number of hydrogen-bond donors (Lipinski definition) is 0. The van der Waals surface area contributed by atoms with E-state index in [0.717, 1.165) is 23.9 Å². The van der Waals surface area contributed by atoms with Gasteiger partial charge in [0.2, 0.25) is 10.0 Å². The van der Waals surface area contributed by atoms with Crippen LogP contribution in [0.15, 0.2) is 23.1 Å². The van der Waals surface area contributed by atoms with Gasteiger partial charge in [0, 0.05) is 13.1 Å². The van der Waals surface area contributed by atoms with Crippen LogP contribution in [0, 0.1) is 12.8 Å². The lowest BCUT2D eigenvalue weighted by molar-refractivity contribution is 0.00578. The molecule has 2 fully saturated rings. The van der Waals surface area contributed by atoms with Gasteiger partial charge in [0.25, 0.3) is 0 Å². The summed E-state index contributed by atoms with van der Waals surface area (Å²) in [6, 6.07) is 5.39. The molecule has 0 radical (unpaired) electrons. The minimum atomic E-state index is -3.50. The molecule has 0 aromatic heterocycles. The standard InChI is InChI=1S/C19H30BNO4S/c1-14-7-9-21(10-8-14)26(22,23)17-12-15(2)11-16(13-17)20-24-18(3,4)19(5,6)25-20/h11-14H,7-10H2,1-6H3. The van der Waals surface area contributed by atoms with Crippen molar-refractivity contribution in [2.45, 2.75) is 70.5 Å². The van der Waals surface area contributed by atoms with Crippen LogP contribution in [0.2, 0.25) is 0 Å². The fourth-order valence-corrected chi connectivity index (χ4v) is 5.02. The summed E-state index contributed by atoms with van der Waals surface area (Å²) in [6.45, 7) is 13.2. The molecule has 0 spiro atoms. The second-order valence-corrected chi connectivity index (χ2v) is 10.7. The molecule has 0 saturated carbocycles. The number of hydrogen-bond acceptors (Lipinski definition) is 4. The number of nitrogens with zero attached hydrogens (tertiary/aromatic N) is 1. The summed E-state index contributed by atoms with van der Waals surface area (Å²) in [7, 11) is -4.06. The van der Waals surface area contributed by atoms with Crippen molar-refractivity contribution >= 4 is 22.6 Å². The zero-order valence-electron chi connectivity index (χ0n) is 16.7. The fraction of sp³-hybridized carbons (Fsp3) is 0.684. The lowest BCUT2D eigenvalue weighted by Gasteiger charge is -2.32. The van der Waals surface area contributed by atoms with Crippen molar-refractivity contribution in [2.75, 3.05) is 13.1 Å². The Kier molecular flexibility index (Phi) is 5.06. The highest BCUT2D eigenvalue weighted by Gasteiger charge is 2.51. The Bertz CT molecular complexity index is 767. The first-order chi connectivity index (χ1) is 11.9. The molecular weight excluding hydrogens is 349 g/mol. The van der Waals surface area contributed by atoms with Crippen molar-refractivity contribution in [1.82, 2.24) is 4.31 Å². The fourth-order valence-electron chi connectivity index (χ4n) is 3.42. The van der Waals surface area contributed by atoms with Crippen LogP contribution in [0.3, 0.4) is 0 Å². The van der Waals surface area contributed by atoms with Crippen LogP contribution in [0.4, 0.5) is 0 Å². The van der Waals surface area contributed by atoms with E-state index in [2.05, 4.69) is 6.92 Å². The molecule has 5 nitrogen and oxygen atoms in total. The van der Waals surface area contributed by atoms with E-state index in [0.29, 0.717) is 23.9 Å². The van der Waals surface area contributed by atoms with Crippen molar-refractivity contribution < 1.29 is 17.7 Å². The average Bonchev–Trinajstić information content (AvgIpc) is 2.75. The third kappa shape index (κ3) is 3.59. The van der Waals surface area contributed by atoms with Crippen LogP contribution in [-0.4, -0.2) is 44.1 Å². The molecule has 0 bridgehead atoms. The molecule has 0 N–H and O–H groups in total.